The van der Waals surface area contributed by atoms with E-state index in [0.29, 0.717) is 28.9 Å². The van der Waals surface area contributed by atoms with Gasteiger partial charge < -0.3 is 14.8 Å². The zero-order valence-electron chi connectivity index (χ0n) is 10.9. The summed E-state index contributed by atoms with van der Waals surface area (Å²) >= 11 is 12.2. The first-order chi connectivity index (χ1) is 8.58. The maximum absolute atomic E-state index is 6.18. The summed E-state index contributed by atoms with van der Waals surface area (Å²) in [6.07, 6.45) is -0.0611. The van der Waals surface area contributed by atoms with Crippen LogP contribution in [0.2, 0.25) is 10.0 Å². The summed E-state index contributed by atoms with van der Waals surface area (Å²) in [6.45, 7) is 6.04. The van der Waals surface area contributed by atoms with E-state index in [1.807, 2.05) is 19.9 Å². The van der Waals surface area contributed by atoms with Crippen LogP contribution in [0, 0.1) is 0 Å². The summed E-state index contributed by atoms with van der Waals surface area (Å²) in [4.78, 5) is 0. The Morgan fingerprint density at radius 3 is 2.67 bits per heavy atom. The topological polar surface area (TPSA) is 30.5 Å². The second-order valence-corrected chi connectivity index (χ2v) is 4.88. The molecule has 1 N–H and O–H groups in total. The van der Waals surface area contributed by atoms with Crippen LogP contribution in [0.25, 0.3) is 0 Å². The van der Waals surface area contributed by atoms with E-state index in [0.717, 1.165) is 12.1 Å². The highest BCUT2D eigenvalue weighted by molar-refractivity contribution is 6.35. The summed E-state index contributed by atoms with van der Waals surface area (Å²) in [5.74, 6) is 0.673. The zero-order valence-corrected chi connectivity index (χ0v) is 12.4. The van der Waals surface area contributed by atoms with Crippen molar-refractivity contribution < 1.29 is 9.47 Å². The van der Waals surface area contributed by atoms with Crippen molar-refractivity contribution in [3.8, 4) is 5.75 Å². The molecule has 0 saturated carbocycles. The van der Waals surface area contributed by atoms with Crippen LogP contribution in [0.3, 0.4) is 0 Å². The molecule has 0 fully saturated rings. The van der Waals surface area contributed by atoms with Gasteiger partial charge in [0.25, 0.3) is 0 Å². The summed E-state index contributed by atoms with van der Waals surface area (Å²) in [5, 5.41) is 4.37. The van der Waals surface area contributed by atoms with Gasteiger partial charge in [-0.3, -0.25) is 0 Å². The molecule has 0 aliphatic heterocycles. The lowest BCUT2D eigenvalue weighted by atomic mass is 10.2. The van der Waals surface area contributed by atoms with E-state index in [2.05, 4.69) is 5.32 Å². The lowest BCUT2D eigenvalue weighted by Gasteiger charge is -2.18. The number of hydrogen-bond acceptors (Lipinski definition) is 3. The highest BCUT2D eigenvalue weighted by atomic mass is 35.5. The Balaban J connectivity index is 2.91. The number of rotatable bonds is 7. The third-order valence-corrected chi connectivity index (χ3v) is 2.87. The number of benzene rings is 1. The Morgan fingerprint density at radius 2 is 2.06 bits per heavy atom. The van der Waals surface area contributed by atoms with Crippen LogP contribution in [0.15, 0.2) is 12.1 Å². The largest absolute Gasteiger partial charge is 0.486 e. The minimum atomic E-state index is -0.0611. The Bertz CT molecular complexity index is 385. The van der Waals surface area contributed by atoms with Crippen LogP contribution in [0.5, 0.6) is 5.75 Å². The van der Waals surface area contributed by atoms with Gasteiger partial charge in [0.15, 0.2) is 0 Å². The van der Waals surface area contributed by atoms with Crippen LogP contribution in [-0.4, -0.2) is 26.4 Å². The normalized spacial score (nSPS) is 12.5. The average Bonchev–Trinajstić information content (AvgIpc) is 2.30. The van der Waals surface area contributed by atoms with E-state index >= 15 is 0 Å². The monoisotopic (exact) mass is 291 g/mol. The highest BCUT2D eigenvalue weighted by Crippen LogP contribution is 2.33. The molecule has 3 nitrogen and oxygen atoms in total. The Morgan fingerprint density at radius 1 is 1.33 bits per heavy atom. The molecule has 0 aromatic heterocycles. The summed E-state index contributed by atoms with van der Waals surface area (Å²) in [5.41, 5.74) is 0.956. The highest BCUT2D eigenvalue weighted by Gasteiger charge is 2.13. The lowest BCUT2D eigenvalue weighted by molar-refractivity contribution is 0.0914. The van der Waals surface area contributed by atoms with Crippen molar-refractivity contribution in [3.63, 3.8) is 0 Å². The maximum atomic E-state index is 6.18. The second kappa shape index (κ2) is 7.85. The van der Waals surface area contributed by atoms with E-state index in [-0.39, 0.29) is 6.10 Å². The molecule has 0 bridgehead atoms. The van der Waals surface area contributed by atoms with Gasteiger partial charge in [-0.25, -0.2) is 0 Å². The fourth-order valence-corrected chi connectivity index (χ4v) is 2.19. The van der Waals surface area contributed by atoms with Crippen molar-refractivity contribution in [1.82, 2.24) is 5.32 Å². The third kappa shape index (κ3) is 4.65. The number of hydrogen-bond donors (Lipinski definition) is 1. The molecular formula is C13H19Cl2NO2. The van der Waals surface area contributed by atoms with Crippen molar-refractivity contribution in [1.29, 1.82) is 0 Å². The third-order valence-electron chi connectivity index (χ3n) is 2.37. The molecule has 1 unspecified atom stereocenters. The van der Waals surface area contributed by atoms with Gasteiger partial charge in [0.2, 0.25) is 0 Å². The lowest BCUT2D eigenvalue weighted by Crippen LogP contribution is -2.20. The van der Waals surface area contributed by atoms with E-state index in [4.69, 9.17) is 32.7 Å². The molecule has 0 aliphatic carbocycles. The molecule has 0 spiro atoms. The SMILES string of the molecule is CCNCc1cc(Cl)cc(Cl)c1OC(C)COC. The fourth-order valence-electron chi connectivity index (χ4n) is 1.61. The van der Waals surface area contributed by atoms with Gasteiger partial charge in [0, 0.05) is 24.2 Å². The van der Waals surface area contributed by atoms with Crippen molar-refractivity contribution in [2.45, 2.75) is 26.5 Å². The molecule has 1 aromatic rings. The number of halogens is 2. The van der Waals surface area contributed by atoms with E-state index < -0.39 is 0 Å². The fraction of sp³-hybridized carbons (Fsp3) is 0.538. The van der Waals surface area contributed by atoms with Crippen LogP contribution < -0.4 is 10.1 Å². The van der Waals surface area contributed by atoms with Crippen molar-refractivity contribution >= 4 is 23.2 Å². The molecule has 18 heavy (non-hydrogen) atoms. The molecule has 0 heterocycles. The zero-order chi connectivity index (χ0) is 13.5. The van der Waals surface area contributed by atoms with E-state index in [1.54, 1.807) is 13.2 Å². The summed E-state index contributed by atoms with van der Waals surface area (Å²) in [7, 11) is 1.64. The Hall–Kier alpha value is -0.480. The van der Waals surface area contributed by atoms with Crippen LogP contribution in [0.1, 0.15) is 19.4 Å². The van der Waals surface area contributed by atoms with Crippen LogP contribution >= 0.6 is 23.2 Å². The van der Waals surface area contributed by atoms with E-state index in [9.17, 15) is 0 Å². The summed E-state index contributed by atoms with van der Waals surface area (Å²) < 4.78 is 10.9. The number of nitrogens with one attached hydrogen (secondary N) is 1. The molecule has 1 atom stereocenters. The minimum Gasteiger partial charge on any atom is -0.486 e. The molecule has 0 radical (unpaired) electrons. The van der Waals surface area contributed by atoms with Crippen LogP contribution in [-0.2, 0) is 11.3 Å². The first kappa shape index (κ1) is 15.6. The molecule has 102 valence electrons. The standard InChI is InChI=1S/C13H19Cl2NO2/c1-4-16-7-10-5-11(14)6-12(15)13(10)18-9(2)8-17-3/h5-6,9,16H,4,7-8H2,1-3H3. The first-order valence-electron chi connectivity index (χ1n) is 5.92. The Labute approximate surface area is 118 Å². The smallest absolute Gasteiger partial charge is 0.143 e. The van der Waals surface area contributed by atoms with E-state index in [1.165, 1.54) is 0 Å². The second-order valence-electron chi connectivity index (χ2n) is 4.04. The molecule has 0 amide bonds. The quantitative estimate of drug-likeness (QED) is 0.834. The van der Waals surface area contributed by atoms with Crippen LogP contribution in [0.4, 0.5) is 0 Å². The Kier molecular flexibility index (Phi) is 6.79. The maximum Gasteiger partial charge on any atom is 0.143 e. The van der Waals surface area contributed by atoms with Gasteiger partial charge in [0.05, 0.1) is 11.6 Å². The van der Waals surface area contributed by atoms with Crippen molar-refractivity contribution in [2.24, 2.45) is 0 Å². The van der Waals surface area contributed by atoms with Gasteiger partial charge in [-0.2, -0.15) is 0 Å². The van der Waals surface area contributed by atoms with Gasteiger partial charge >= 0.3 is 0 Å². The molecule has 1 rings (SSSR count). The molecule has 0 saturated heterocycles. The predicted octanol–water partition coefficient (Wildman–Crippen LogP) is 3.52. The van der Waals surface area contributed by atoms with Gasteiger partial charge in [0.1, 0.15) is 11.9 Å². The van der Waals surface area contributed by atoms with Gasteiger partial charge in [-0.05, 0) is 25.6 Å². The molecule has 1 aromatic carbocycles. The molecular weight excluding hydrogens is 273 g/mol. The molecule has 0 aliphatic rings. The average molecular weight is 292 g/mol. The number of ether oxygens (including phenoxy) is 2. The van der Waals surface area contributed by atoms with Gasteiger partial charge in [-0.1, -0.05) is 30.1 Å². The minimum absolute atomic E-state index is 0.0611. The number of methoxy groups -OCH3 is 1. The molecule has 5 heteroatoms. The van der Waals surface area contributed by atoms with Crippen molar-refractivity contribution in [3.05, 3.63) is 27.7 Å². The summed E-state index contributed by atoms with van der Waals surface area (Å²) in [6, 6.07) is 3.55. The first-order valence-corrected chi connectivity index (χ1v) is 6.68. The predicted molar refractivity (Wildman–Crippen MR) is 75.8 cm³/mol. The van der Waals surface area contributed by atoms with Gasteiger partial charge in [-0.15, -0.1) is 0 Å². The van der Waals surface area contributed by atoms with Crippen molar-refractivity contribution in [2.75, 3.05) is 20.3 Å².